The van der Waals surface area contributed by atoms with Gasteiger partial charge in [-0.15, -0.1) is 0 Å². The molecule has 1 amide bonds. The van der Waals surface area contributed by atoms with E-state index in [1.54, 1.807) is 0 Å². The fourth-order valence-electron chi connectivity index (χ4n) is 1.27. The van der Waals surface area contributed by atoms with Crippen molar-refractivity contribution in [2.75, 3.05) is 19.7 Å². The van der Waals surface area contributed by atoms with Gasteiger partial charge in [-0.2, -0.15) is 0 Å². The van der Waals surface area contributed by atoms with Gasteiger partial charge >= 0.3 is 0 Å². The topological polar surface area (TPSA) is 29.5 Å². The average Bonchev–Trinajstić information content (AvgIpc) is 2.03. The first-order valence-corrected chi connectivity index (χ1v) is 4.13. The molecular formula is C8H15NO2. The third kappa shape index (κ3) is 2.19. The number of hydrogen-bond donors (Lipinski definition) is 0. The highest BCUT2D eigenvalue weighted by Gasteiger charge is 2.19. The van der Waals surface area contributed by atoms with E-state index in [1.807, 2.05) is 18.7 Å². The summed E-state index contributed by atoms with van der Waals surface area (Å²) in [5, 5.41) is 0. The number of morpholine rings is 1. The fourth-order valence-corrected chi connectivity index (χ4v) is 1.27. The van der Waals surface area contributed by atoms with Crippen molar-refractivity contribution in [3.05, 3.63) is 0 Å². The van der Waals surface area contributed by atoms with E-state index in [-0.39, 0.29) is 12.0 Å². The van der Waals surface area contributed by atoms with Gasteiger partial charge in [0.15, 0.2) is 0 Å². The van der Waals surface area contributed by atoms with Crippen LogP contribution in [0.3, 0.4) is 0 Å². The van der Waals surface area contributed by atoms with E-state index in [9.17, 15) is 4.79 Å². The molecule has 11 heavy (non-hydrogen) atoms. The van der Waals surface area contributed by atoms with Crippen LogP contribution >= 0.6 is 0 Å². The lowest BCUT2D eigenvalue weighted by molar-refractivity contribution is -0.137. The fraction of sp³-hybridized carbons (Fsp3) is 0.875. The van der Waals surface area contributed by atoms with Crippen molar-refractivity contribution in [1.82, 2.24) is 4.90 Å². The Kier molecular flexibility index (Phi) is 2.88. The predicted octanol–water partition coefficient (Wildman–Crippen LogP) is 0.644. The summed E-state index contributed by atoms with van der Waals surface area (Å²) < 4.78 is 5.31. The summed E-state index contributed by atoms with van der Waals surface area (Å²) in [6.45, 7) is 6.09. The van der Waals surface area contributed by atoms with Crippen molar-refractivity contribution in [2.24, 2.45) is 0 Å². The van der Waals surface area contributed by atoms with Gasteiger partial charge in [-0.25, -0.2) is 0 Å². The molecule has 0 aromatic rings. The lowest BCUT2D eigenvalue weighted by atomic mass is 10.3. The average molecular weight is 157 g/mol. The summed E-state index contributed by atoms with van der Waals surface area (Å²) in [4.78, 5) is 13.1. The van der Waals surface area contributed by atoms with Crippen LogP contribution in [0.2, 0.25) is 0 Å². The van der Waals surface area contributed by atoms with E-state index in [0.29, 0.717) is 13.0 Å². The summed E-state index contributed by atoms with van der Waals surface area (Å²) in [6, 6.07) is 0. The lowest BCUT2D eigenvalue weighted by Crippen LogP contribution is -2.44. The molecule has 1 saturated heterocycles. The molecule has 0 aromatic carbocycles. The van der Waals surface area contributed by atoms with Gasteiger partial charge in [0, 0.05) is 19.5 Å². The van der Waals surface area contributed by atoms with Gasteiger partial charge in [0.05, 0.1) is 12.7 Å². The summed E-state index contributed by atoms with van der Waals surface area (Å²) >= 11 is 0. The quantitative estimate of drug-likeness (QED) is 0.559. The lowest BCUT2D eigenvalue weighted by Gasteiger charge is -2.30. The Morgan fingerprint density at radius 2 is 2.45 bits per heavy atom. The van der Waals surface area contributed by atoms with E-state index in [4.69, 9.17) is 4.74 Å². The van der Waals surface area contributed by atoms with Crippen molar-refractivity contribution < 1.29 is 9.53 Å². The van der Waals surface area contributed by atoms with Gasteiger partial charge in [0.2, 0.25) is 5.91 Å². The summed E-state index contributed by atoms with van der Waals surface area (Å²) in [5.74, 6) is 0.236. The first kappa shape index (κ1) is 8.53. The minimum Gasteiger partial charge on any atom is -0.375 e. The van der Waals surface area contributed by atoms with E-state index >= 15 is 0 Å². The molecule has 1 rings (SSSR count). The molecule has 0 aromatic heterocycles. The number of carbonyl (C=O) groups is 1. The molecule has 64 valence electrons. The molecule has 3 heteroatoms. The highest BCUT2D eigenvalue weighted by molar-refractivity contribution is 5.75. The summed E-state index contributed by atoms with van der Waals surface area (Å²) in [7, 11) is 0. The molecule has 0 bridgehead atoms. The zero-order chi connectivity index (χ0) is 8.27. The SMILES string of the molecule is CCC(=O)N1CCO[C@H](C)C1. The highest BCUT2D eigenvalue weighted by Crippen LogP contribution is 2.05. The molecule has 1 atom stereocenters. The number of ether oxygens (including phenoxy) is 1. The van der Waals surface area contributed by atoms with Crippen LogP contribution in [0.5, 0.6) is 0 Å². The molecule has 1 aliphatic heterocycles. The Labute approximate surface area is 67.3 Å². The molecule has 1 heterocycles. The smallest absolute Gasteiger partial charge is 0.222 e. The van der Waals surface area contributed by atoms with Crippen LogP contribution in [0, 0.1) is 0 Å². The summed E-state index contributed by atoms with van der Waals surface area (Å²) in [5.41, 5.74) is 0. The molecule has 0 radical (unpaired) electrons. The van der Waals surface area contributed by atoms with Crippen molar-refractivity contribution in [2.45, 2.75) is 26.4 Å². The molecule has 0 spiro atoms. The maximum atomic E-state index is 11.2. The minimum absolute atomic E-state index is 0.208. The second-order valence-corrected chi connectivity index (χ2v) is 2.87. The third-order valence-corrected chi connectivity index (χ3v) is 1.90. The predicted molar refractivity (Wildman–Crippen MR) is 42.3 cm³/mol. The number of amides is 1. The Morgan fingerprint density at radius 3 is 3.00 bits per heavy atom. The Morgan fingerprint density at radius 1 is 1.73 bits per heavy atom. The zero-order valence-electron chi connectivity index (χ0n) is 7.17. The molecule has 1 fully saturated rings. The molecule has 0 N–H and O–H groups in total. The zero-order valence-corrected chi connectivity index (χ0v) is 7.17. The highest BCUT2D eigenvalue weighted by atomic mass is 16.5. The van der Waals surface area contributed by atoms with Gasteiger partial charge in [0.1, 0.15) is 0 Å². The van der Waals surface area contributed by atoms with Gasteiger partial charge in [-0.3, -0.25) is 4.79 Å². The normalized spacial score (nSPS) is 25.3. The maximum Gasteiger partial charge on any atom is 0.222 e. The van der Waals surface area contributed by atoms with Crippen molar-refractivity contribution in [3.8, 4) is 0 Å². The van der Waals surface area contributed by atoms with Crippen molar-refractivity contribution >= 4 is 5.91 Å². The Balaban J connectivity index is 2.39. The van der Waals surface area contributed by atoms with Gasteiger partial charge < -0.3 is 9.64 Å². The second kappa shape index (κ2) is 3.72. The van der Waals surface area contributed by atoms with Crippen LogP contribution in [0.25, 0.3) is 0 Å². The first-order chi connectivity index (χ1) is 5.24. The monoisotopic (exact) mass is 157 g/mol. The molecule has 0 saturated carbocycles. The first-order valence-electron chi connectivity index (χ1n) is 4.13. The van der Waals surface area contributed by atoms with Crippen molar-refractivity contribution in [1.29, 1.82) is 0 Å². The van der Waals surface area contributed by atoms with Crippen LogP contribution in [0.15, 0.2) is 0 Å². The van der Waals surface area contributed by atoms with Crippen LogP contribution in [-0.4, -0.2) is 36.6 Å². The number of rotatable bonds is 1. The van der Waals surface area contributed by atoms with Crippen molar-refractivity contribution in [3.63, 3.8) is 0 Å². The van der Waals surface area contributed by atoms with E-state index < -0.39 is 0 Å². The number of carbonyl (C=O) groups excluding carboxylic acids is 1. The minimum atomic E-state index is 0.208. The van der Waals surface area contributed by atoms with E-state index in [2.05, 4.69) is 0 Å². The largest absolute Gasteiger partial charge is 0.375 e. The van der Waals surface area contributed by atoms with E-state index in [1.165, 1.54) is 0 Å². The van der Waals surface area contributed by atoms with Crippen LogP contribution in [0.4, 0.5) is 0 Å². The van der Waals surface area contributed by atoms with Gasteiger partial charge in [-0.1, -0.05) is 6.92 Å². The van der Waals surface area contributed by atoms with Gasteiger partial charge in [0.25, 0.3) is 0 Å². The maximum absolute atomic E-state index is 11.2. The molecule has 3 nitrogen and oxygen atoms in total. The van der Waals surface area contributed by atoms with Gasteiger partial charge in [-0.05, 0) is 6.92 Å². The second-order valence-electron chi connectivity index (χ2n) is 2.87. The number of hydrogen-bond acceptors (Lipinski definition) is 2. The van der Waals surface area contributed by atoms with Crippen LogP contribution < -0.4 is 0 Å². The molecule has 1 aliphatic rings. The van der Waals surface area contributed by atoms with Crippen LogP contribution in [-0.2, 0) is 9.53 Å². The molecule has 0 unspecified atom stereocenters. The van der Waals surface area contributed by atoms with Crippen LogP contribution in [0.1, 0.15) is 20.3 Å². The van der Waals surface area contributed by atoms with E-state index in [0.717, 1.165) is 13.1 Å². The third-order valence-electron chi connectivity index (χ3n) is 1.90. The Hall–Kier alpha value is -0.570. The Bertz CT molecular complexity index is 147. The standard InChI is InChI=1S/C8H15NO2/c1-3-8(10)9-4-5-11-7(2)6-9/h7H,3-6H2,1-2H3/t7-/m1/s1. The molecular weight excluding hydrogens is 142 g/mol. The molecule has 0 aliphatic carbocycles. The number of nitrogens with zero attached hydrogens (tertiary/aromatic N) is 1. The summed E-state index contributed by atoms with van der Waals surface area (Å²) in [6.07, 6.45) is 0.812.